The Morgan fingerprint density at radius 3 is 2.46 bits per heavy atom. The van der Waals surface area contributed by atoms with Gasteiger partial charge in [0.25, 0.3) is 0 Å². The van der Waals surface area contributed by atoms with Crippen molar-refractivity contribution < 1.29 is 4.52 Å². The average Bonchev–Trinajstić information content (AvgIpc) is 3.27. The molecule has 0 radical (unpaired) electrons. The molecular weight excluding hydrogens is 304 g/mol. The molecule has 2 fully saturated rings. The van der Waals surface area contributed by atoms with Crippen molar-refractivity contribution in [3.8, 4) is 0 Å². The van der Waals surface area contributed by atoms with Crippen LogP contribution in [0.2, 0.25) is 0 Å². The molecule has 3 heterocycles. The van der Waals surface area contributed by atoms with Gasteiger partial charge in [0.1, 0.15) is 12.1 Å². The van der Waals surface area contributed by atoms with Gasteiger partial charge in [0.15, 0.2) is 6.33 Å². The zero-order valence-corrected chi connectivity index (χ0v) is 14.3. The second-order valence-corrected chi connectivity index (χ2v) is 6.88. The highest BCUT2D eigenvalue weighted by Gasteiger charge is 2.37. The molecule has 0 N–H and O–H groups in total. The molecule has 0 aromatic carbocycles. The largest absolute Gasteiger partial charge is 0.350 e. The molecule has 0 amide bonds. The summed E-state index contributed by atoms with van der Waals surface area (Å²) < 4.78 is 5.22. The van der Waals surface area contributed by atoms with Gasteiger partial charge in [0, 0.05) is 36.9 Å². The topological polar surface area (TPSA) is 71.2 Å². The summed E-state index contributed by atoms with van der Waals surface area (Å²) in [4.78, 5) is 18.0. The van der Waals surface area contributed by atoms with Gasteiger partial charge in [0.2, 0.25) is 5.89 Å². The Bertz CT molecular complexity index is 663. The second-order valence-electron chi connectivity index (χ2n) is 6.88. The third kappa shape index (κ3) is 3.13. The third-order valence-corrected chi connectivity index (χ3v) is 5.17. The van der Waals surface area contributed by atoms with Gasteiger partial charge in [0.05, 0.1) is 6.04 Å². The van der Waals surface area contributed by atoms with Crippen molar-refractivity contribution in [2.24, 2.45) is 0 Å². The van der Waals surface area contributed by atoms with Gasteiger partial charge in [-0.3, -0.25) is 4.90 Å². The first kappa shape index (κ1) is 15.5. The van der Waals surface area contributed by atoms with Crippen molar-refractivity contribution in [3.05, 3.63) is 30.3 Å². The maximum absolute atomic E-state index is 5.22. The Kier molecular flexibility index (Phi) is 4.18. The van der Waals surface area contributed by atoms with E-state index in [0.717, 1.165) is 37.4 Å². The zero-order valence-electron chi connectivity index (χ0n) is 14.3. The highest BCUT2D eigenvalue weighted by molar-refractivity contribution is 5.43. The summed E-state index contributed by atoms with van der Waals surface area (Å²) in [6.07, 6.45) is 8.00. The summed E-state index contributed by atoms with van der Waals surface area (Å²) in [5.74, 6) is 1.80. The van der Waals surface area contributed by atoms with E-state index in [-0.39, 0.29) is 6.04 Å². The highest BCUT2D eigenvalue weighted by Crippen LogP contribution is 2.36. The van der Waals surface area contributed by atoms with E-state index in [1.807, 2.05) is 6.92 Å². The highest BCUT2D eigenvalue weighted by atomic mass is 16.5. The summed E-state index contributed by atoms with van der Waals surface area (Å²) in [6, 6.07) is 3.51. The molecule has 1 saturated carbocycles. The van der Waals surface area contributed by atoms with Crippen LogP contribution in [-0.2, 0) is 0 Å². The number of hydrogen-bond acceptors (Lipinski definition) is 7. The van der Waals surface area contributed by atoms with Gasteiger partial charge in [-0.15, -0.1) is 0 Å². The minimum Gasteiger partial charge on any atom is -0.350 e. The van der Waals surface area contributed by atoms with Crippen molar-refractivity contribution in [1.29, 1.82) is 0 Å². The van der Waals surface area contributed by atoms with Crippen molar-refractivity contribution in [2.45, 2.75) is 57.7 Å². The molecule has 7 nitrogen and oxygen atoms in total. The molecular formula is C17H24N6O. The first-order valence-corrected chi connectivity index (χ1v) is 8.80. The maximum Gasteiger partial charge on any atom is 0.243 e. The van der Waals surface area contributed by atoms with E-state index >= 15 is 0 Å². The van der Waals surface area contributed by atoms with Gasteiger partial charge >= 0.3 is 0 Å². The molecule has 1 unspecified atom stereocenters. The lowest BCUT2D eigenvalue weighted by Gasteiger charge is -2.40. The number of rotatable bonds is 5. The van der Waals surface area contributed by atoms with Gasteiger partial charge in [-0.05, 0) is 39.5 Å². The van der Waals surface area contributed by atoms with E-state index in [1.165, 1.54) is 19.2 Å². The molecule has 2 aliphatic rings. The van der Waals surface area contributed by atoms with Crippen LogP contribution in [0, 0.1) is 6.92 Å². The quantitative estimate of drug-likeness (QED) is 0.834. The first-order chi connectivity index (χ1) is 11.7. The number of anilines is 1. The smallest absolute Gasteiger partial charge is 0.243 e. The molecule has 4 rings (SSSR count). The Hall–Kier alpha value is -2.02. The van der Waals surface area contributed by atoms with Crippen LogP contribution < -0.4 is 4.90 Å². The number of likely N-dealkylation sites (tertiary alicyclic amines) is 1. The zero-order chi connectivity index (χ0) is 16.5. The van der Waals surface area contributed by atoms with E-state index in [4.69, 9.17) is 4.52 Å². The summed E-state index contributed by atoms with van der Waals surface area (Å²) >= 11 is 0. The van der Waals surface area contributed by atoms with Crippen LogP contribution >= 0.6 is 0 Å². The van der Waals surface area contributed by atoms with Gasteiger partial charge < -0.3 is 9.42 Å². The number of aromatic nitrogens is 4. The van der Waals surface area contributed by atoms with E-state index in [9.17, 15) is 0 Å². The lowest BCUT2D eigenvalue weighted by atomic mass is 10.0. The molecule has 1 aliphatic carbocycles. The Labute approximate surface area is 142 Å². The predicted molar refractivity (Wildman–Crippen MR) is 89.6 cm³/mol. The molecule has 2 aromatic heterocycles. The van der Waals surface area contributed by atoms with E-state index in [1.54, 1.807) is 6.33 Å². The lowest BCUT2D eigenvalue weighted by molar-refractivity contribution is 0.134. The van der Waals surface area contributed by atoms with Gasteiger partial charge in [-0.2, -0.15) is 4.98 Å². The molecule has 0 spiro atoms. The minimum absolute atomic E-state index is 0.184. The van der Waals surface area contributed by atoms with E-state index in [2.05, 4.69) is 42.9 Å². The first-order valence-electron chi connectivity index (χ1n) is 8.80. The Morgan fingerprint density at radius 2 is 1.83 bits per heavy atom. The summed E-state index contributed by atoms with van der Waals surface area (Å²) in [6.45, 7) is 6.26. The van der Waals surface area contributed by atoms with Gasteiger partial charge in [-0.1, -0.05) is 5.16 Å². The normalized spacial score (nSPS) is 20.9. The van der Waals surface area contributed by atoms with Gasteiger partial charge in [-0.25, -0.2) is 9.97 Å². The predicted octanol–water partition coefficient (Wildman–Crippen LogP) is 2.36. The standard InChI is InChI=1S/C17H24N6O/c1-12-9-16(19-10-18-12)23(14-3-4-14)15-5-7-22(8-6-15)13(2)17-20-11-21-24-17/h9-11,13-15H,3-8H2,1-2H3. The molecule has 128 valence electrons. The number of hydrogen-bond donors (Lipinski definition) is 0. The third-order valence-electron chi connectivity index (χ3n) is 5.17. The van der Waals surface area contributed by atoms with Crippen LogP contribution in [0.25, 0.3) is 0 Å². The van der Waals surface area contributed by atoms with Crippen LogP contribution in [0.3, 0.4) is 0 Å². The summed E-state index contributed by atoms with van der Waals surface area (Å²) in [5.41, 5.74) is 1.04. The fourth-order valence-electron chi connectivity index (χ4n) is 3.68. The van der Waals surface area contributed by atoms with E-state index < -0.39 is 0 Å². The van der Waals surface area contributed by atoms with E-state index in [0.29, 0.717) is 18.0 Å². The fraction of sp³-hybridized carbons (Fsp3) is 0.647. The molecule has 1 saturated heterocycles. The Morgan fingerprint density at radius 1 is 1.08 bits per heavy atom. The molecule has 7 heteroatoms. The van der Waals surface area contributed by atoms with Crippen LogP contribution in [0.1, 0.15) is 50.2 Å². The van der Waals surface area contributed by atoms with Crippen LogP contribution in [0.15, 0.2) is 23.2 Å². The van der Waals surface area contributed by atoms with Crippen LogP contribution in [0.5, 0.6) is 0 Å². The monoisotopic (exact) mass is 328 g/mol. The number of aryl methyl sites for hydroxylation is 1. The van der Waals surface area contributed by atoms with Crippen molar-refractivity contribution >= 4 is 5.82 Å². The average molecular weight is 328 g/mol. The minimum atomic E-state index is 0.184. The van der Waals surface area contributed by atoms with Crippen molar-refractivity contribution in [3.63, 3.8) is 0 Å². The molecule has 2 aromatic rings. The summed E-state index contributed by atoms with van der Waals surface area (Å²) in [5, 5.41) is 3.73. The second kappa shape index (κ2) is 6.47. The van der Waals surface area contributed by atoms with Crippen LogP contribution in [-0.4, -0.2) is 50.2 Å². The van der Waals surface area contributed by atoms with Crippen molar-refractivity contribution in [2.75, 3.05) is 18.0 Å². The maximum atomic E-state index is 5.22. The molecule has 1 atom stereocenters. The van der Waals surface area contributed by atoms with Crippen molar-refractivity contribution in [1.82, 2.24) is 25.0 Å². The number of nitrogens with zero attached hydrogens (tertiary/aromatic N) is 6. The Balaban J connectivity index is 1.44. The summed E-state index contributed by atoms with van der Waals surface area (Å²) in [7, 11) is 0. The van der Waals surface area contributed by atoms with Crippen LogP contribution in [0.4, 0.5) is 5.82 Å². The lowest BCUT2D eigenvalue weighted by Crippen LogP contribution is -2.47. The molecule has 1 aliphatic heterocycles. The molecule has 24 heavy (non-hydrogen) atoms. The molecule has 0 bridgehead atoms. The number of piperidine rings is 1. The fourth-order valence-corrected chi connectivity index (χ4v) is 3.68. The SMILES string of the molecule is Cc1cc(N(C2CC2)C2CCN(C(C)c3ncno3)CC2)ncn1.